The van der Waals surface area contributed by atoms with Crippen LogP contribution in [-0.2, 0) is 12.3 Å². The number of rotatable bonds is 4. The van der Waals surface area contributed by atoms with E-state index in [0.29, 0.717) is 28.3 Å². The average Bonchev–Trinajstić information content (AvgIpc) is 2.94. The van der Waals surface area contributed by atoms with Gasteiger partial charge in [0.25, 0.3) is 12.3 Å². The normalized spacial score (nSPS) is 21.9. The van der Waals surface area contributed by atoms with Gasteiger partial charge >= 0.3 is 0 Å². The van der Waals surface area contributed by atoms with Crippen molar-refractivity contribution in [3.8, 4) is 11.3 Å². The smallest absolute Gasteiger partial charge is 0.290 e. The molecule has 2 atom stereocenters. The molecule has 1 aliphatic carbocycles. The highest BCUT2D eigenvalue weighted by atomic mass is 19.3. The number of nitrogens with two attached hydrogens (primary N) is 1. The van der Waals surface area contributed by atoms with Crippen LogP contribution >= 0.6 is 0 Å². The SMILES string of the molecule is C[C@H]1CCN1c1nc(-c2ccc([C@H](N)C(F)F)cc2)c2c(n1)C(F)(F)CC2. The first-order valence-electron chi connectivity index (χ1n) is 8.98. The number of benzene rings is 1. The van der Waals surface area contributed by atoms with Gasteiger partial charge in [-0.25, -0.2) is 18.7 Å². The van der Waals surface area contributed by atoms with E-state index in [1.807, 2.05) is 11.8 Å². The number of aromatic nitrogens is 2. The van der Waals surface area contributed by atoms with Crippen LogP contribution in [0.25, 0.3) is 11.3 Å². The Morgan fingerprint density at radius 3 is 2.44 bits per heavy atom. The molecule has 2 aliphatic rings. The summed E-state index contributed by atoms with van der Waals surface area (Å²) in [5.74, 6) is -2.68. The Bertz CT molecular complexity index is 854. The molecule has 0 unspecified atom stereocenters. The summed E-state index contributed by atoms with van der Waals surface area (Å²) in [6.07, 6.45) is -1.81. The molecule has 0 amide bonds. The van der Waals surface area contributed by atoms with E-state index in [1.54, 1.807) is 12.1 Å². The molecule has 1 fully saturated rings. The zero-order valence-electron chi connectivity index (χ0n) is 14.8. The van der Waals surface area contributed by atoms with Crippen LogP contribution < -0.4 is 10.6 Å². The first-order valence-corrected chi connectivity index (χ1v) is 8.98. The van der Waals surface area contributed by atoms with Crippen molar-refractivity contribution in [2.24, 2.45) is 5.73 Å². The molecule has 1 saturated heterocycles. The Hall–Kier alpha value is -2.22. The van der Waals surface area contributed by atoms with Gasteiger partial charge in [0.2, 0.25) is 5.95 Å². The fourth-order valence-electron chi connectivity index (χ4n) is 3.60. The van der Waals surface area contributed by atoms with Crippen molar-refractivity contribution in [2.45, 2.75) is 50.6 Å². The summed E-state index contributed by atoms with van der Waals surface area (Å²) < 4.78 is 54.3. The second kappa shape index (κ2) is 6.44. The highest BCUT2D eigenvalue weighted by Gasteiger charge is 2.44. The number of halogens is 4. The molecule has 27 heavy (non-hydrogen) atoms. The molecule has 8 heteroatoms. The van der Waals surface area contributed by atoms with Gasteiger partial charge in [-0.05, 0) is 25.3 Å². The number of hydrogen-bond acceptors (Lipinski definition) is 4. The standard InChI is InChI=1S/C19H20F4N4/c1-10-7-9-27(10)18-25-15(13-6-8-19(22,23)16(13)26-18)12-4-2-11(3-5-12)14(24)17(20)21/h2-5,10,14,17H,6-9,24H2,1H3/t10-,14-/m0/s1. The summed E-state index contributed by atoms with van der Waals surface area (Å²) in [5.41, 5.74) is 7.04. The minimum absolute atomic E-state index is 0.186. The lowest BCUT2D eigenvalue weighted by atomic mass is 10.0. The third-order valence-electron chi connectivity index (χ3n) is 5.45. The van der Waals surface area contributed by atoms with Crippen LogP contribution in [0.1, 0.15) is 42.6 Å². The minimum atomic E-state index is -2.98. The first kappa shape index (κ1) is 18.2. The van der Waals surface area contributed by atoms with E-state index in [2.05, 4.69) is 9.97 Å². The van der Waals surface area contributed by atoms with Crippen LogP contribution in [0.4, 0.5) is 23.5 Å². The maximum atomic E-state index is 14.3. The van der Waals surface area contributed by atoms with Gasteiger partial charge in [0.05, 0.1) is 11.7 Å². The second-order valence-electron chi connectivity index (χ2n) is 7.22. The summed E-state index contributed by atoms with van der Waals surface area (Å²) in [6.45, 7) is 2.73. The van der Waals surface area contributed by atoms with Gasteiger partial charge in [-0.1, -0.05) is 24.3 Å². The lowest BCUT2D eigenvalue weighted by Crippen LogP contribution is -2.47. The number of anilines is 1. The summed E-state index contributed by atoms with van der Waals surface area (Å²) in [5, 5.41) is 0. The molecule has 0 spiro atoms. The molecule has 0 radical (unpaired) electrons. The van der Waals surface area contributed by atoms with Crippen molar-refractivity contribution in [3.05, 3.63) is 41.1 Å². The van der Waals surface area contributed by atoms with Crippen LogP contribution in [0, 0.1) is 0 Å². The number of alkyl halides is 4. The average molecular weight is 380 g/mol. The minimum Gasteiger partial charge on any atom is -0.338 e. The molecular weight excluding hydrogens is 360 g/mol. The van der Waals surface area contributed by atoms with Gasteiger partial charge in [0.1, 0.15) is 5.69 Å². The van der Waals surface area contributed by atoms with Crippen LogP contribution in [0.15, 0.2) is 24.3 Å². The van der Waals surface area contributed by atoms with Crippen LogP contribution in [0.2, 0.25) is 0 Å². The molecule has 2 heterocycles. The topological polar surface area (TPSA) is 55.0 Å². The van der Waals surface area contributed by atoms with Crippen LogP contribution in [0.5, 0.6) is 0 Å². The zero-order valence-corrected chi connectivity index (χ0v) is 14.8. The molecule has 2 aromatic rings. The Morgan fingerprint density at radius 2 is 1.89 bits per heavy atom. The third-order valence-corrected chi connectivity index (χ3v) is 5.45. The fraction of sp³-hybridized carbons (Fsp3) is 0.474. The van der Waals surface area contributed by atoms with Crippen molar-refractivity contribution >= 4 is 5.95 Å². The first-order chi connectivity index (χ1) is 12.8. The number of fused-ring (bicyclic) bond motifs is 1. The lowest BCUT2D eigenvalue weighted by molar-refractivity contribution is -0.00595. The number of nitrogens with zero attached hydrogens (tertiary/aromatic N) is 3. The molecule has 4 nitrogen and oxygen atoms in total. The van der Waals surface area contributed by atoms with E-state index >= 15 is 0 Å². The molecular formula is C19H20F4N4. The Kier molecular flexibility index (Phi) is 4.33. The maximum absolute atomic E-state index is 14.3. The molecule has 1 aliphatic heterocycles. The van der Waals surface area contributed by atoms with E-state index in [1.165, 1.54) is 12.1 Å². The Morgan fingerprint density at radius 1 is 1.19 bits per heavy atom. The van der Waals surface area contributed by atoms with E-state index < -0.39 is 18.4 Å². The summed E-state index contributed by atoms with van der Waals surface area (Å²) in [4.78, 5) is 10.6. The van der Waals surface area contributed by atoms with Gasteiger partial charge in [-0.15, -0.1) is 0 Å². The van der Waals surface area contributed by atoms with Gasteiger partial charge in [-0.3, -0.25) is 0 Å². The van der Waals surface area contributed by atoms with Crippen molar-refractivity contribution in [1.82, 2.24) is 9.97 Å². The van der Waals surface area contributed by atoms with Gasteiger partial charge < -0.3 is 10.6 Å². The quantitative estimate of drug-likeness (QED) is 0.814. The van der Waals surface area contributed by atoms with Crippen LogP contribution in [0.3, 0.4) is 0 Å². The Labute approximate surface area is 154 Å². The fourth-order valence-corrected chi connectivity index (χ4v) is 3.60. The Balaban J connectivity index is 1.78. The molecule has 0 bridgehead atoms. The second-order valence-corrected chi connectivity index (χ2v) is 7.22. The van der Waals surface area contributed by atoms with E-state index in [4.69, 9.17) is 5.73 Å². The summed E-state index contributed by atoms with van der Waals surface area (Å²) in [7, 11) is 0. The van der Waals surface area contributed by atoms with Crippen molar-refractivity contribution < 1.29 is 17.6 Å². The van der Waals surface area contributed by atoms with E-state index in [-0.39, 0.29) is 24.6 Å². The highest BCUT2D eigenvalue weighted by molar-refractivity contribution is 5.67. The van der Waals surface area contributed by atoms with Crippen molar-refractivity contribution in [3.63, 3.8) is 0 Å². The largest absolute Gasteiger partial charge is 0.338 e. The molecule has 1 aromatic heterocycles. The predicted octanol–water partition coefficient (Wildman–Crippen LogP) is 4.05. The maximum Gasteiger partial charge on any atom is 0.290 e. The highest BCUT2D eigenvalue weighted by Crippen LogP contribution is 2.44. The molecule has 4 rings (SSSR count). The van der Waals surface area contributed by atoms with E-state index in [9.17, 15) is 17.6 Å². The summed E-state index contributed by atoms with van der Waals surface area (Å²) in [6, 6.07) is 5.05. The van der Waals surface area contributed by atoms with Gasteiger partial charge in [-0.2, -0.15) is 8.78 Å². The molecule has 2 N–H and O–H groups in total. The van der Waals surface area contributed by atoms with Crippen molar-refractivity contribution in [2.75, 3.05) is 11.4 Å². The summed E-state index contributed by atoms with van der Waals surface area (Å²) >= 11 is 0. The monoisotopic (exact) mass is 380 g/mol. The van der Waals surface area contributed by atoms with Crippen LogP contribution in [-0.4, -0.2) is 29.0 Å². The van der Waals surface area contributed by atoms with Crippen molar-refractivity contribution in [1.29, 1.82) is 0 Å². The zero-order chi connectivity index (χ0) is 19.3. The third kappa shape index (κ3) is 3.05. The van der Waals surface area contributed by atoms with E-state index in [0.717, 1.165) is 13.0 Å². The van der Waals surface area contributed by atoms with Gasteiger partial charge in [0.15, 0.2) is 0 Å². The van der Waals surface area contributed by atoms with Gasteiger partial charge in [0, 0.05) is 30.1 Å². The number of hydrogen-bond donors (Lipinski definition) is 1. The molecule has 1 aromatic carbocycles. The lowest BCUT2D eigenvalue weighted by Gasteiger charge is -2.39. The predicted molar refractivity (Wildman–Crippen MR) is 94.0 cm³/mol. The molecule has 144 valence electrons. The molecule has 0 saturated carbocycles.